The number of hydrogen-bond acceptors (Lipinski definition) is 3. The van der Waals surface area contributed by atoms with Gasteiger partial charge in [-0.05, 0) is 68.9 Å². The standard InChI is InChI=1S/C28H30BNO2/c1-7-14-21(8-2)30(22-15-10-9-11-16-22)26-20-19-25(23-17-12-13-18-24(23)26)29-31-27(3,4)28(5,6)32-29/h7-20H,1-2H2,3-6H3/b21-14+. The molecule has 1 fully saturated rings. The van der Waals surface area contributed by atoms with Crippen LogP contribution in [0.25, 0.3) is 10.8 Å². The van der Waals surface area contributed by atoms with Crippen molar-refractivity contribution in [2.75, 3.05) is 4.90 Å². The summed E-state index contributed by atoms with van der Waals surface area (Å²) in [6.45, 7) is 16.3. The van der Waals surface area contributed by atoms with E-state index < -0.39 is 18.3 Å². The fourth-order valence-electron chi connectivity index (χ4n) is 4.04. The largest absolute Gasteiger partial charge is 0.495 e. The van der Waals surface area contributed by atoms with Gasteiger partial charge in [-0.15, -0.1) is 0 Å². The second-order valence-corrected chi connectivity index (χ2v) is 9.01. The van der Waals surface area contributed by atoms with Gasteiger partial charge in [-0.1, -0.05) is 67.8 Å². The lowest BCUT2D eigenvalue weighted by molar-refractivity contribution is 0.00578. The van der Waals surface area contributed by atoms with Gasteiger partial charge in [0.15, 0.2) is 0 Å². The normalized spacial score (nSPS) is 17.4. The second-order valence-electron chi connectivity index (χ2n) is 9.01. The molecule has 4 heteroatoms. The summed E-state index contributed by atoms with van der Waals surface area (Å²) in [5, 5.41) is 2.21. The summed E-state index contributed by atoms with van der Waals surface area (Å²) in [6, 6.07) is 22.9. The maximum Gasteiger partial charge on any atom is 0.495 e. The van der Waals surface area contributed by atoms with E-state index in [4.69, 9.17) is 9.31 Å². The van der Waals surface area contributed by atoms with Crippen LogP contribution in [0, 0.1) is 0 Å². The maximum absolute atomic E-state index is 6.37. The van der Waals surface area contributed by atoms with E-state index in [2.05, 4.69) is 94.3 Å². The predicted octanol–water partition coefficient (Wildman–Crippen LogP) is 6.53. The van der Waals surface area contributed by atoms with E-state index in [1.807, 2.05) is 30.4 Å². The molecule has 0 radical (unpaired) electrons. The highest BCUT2D eigenvalue weighted by Crippen LogP contribution is 2.39. The first-order chi connectivity index (χ1) is 15.3. The number of allylic oxidation sites excluding steroid dienone is 3. The van der Waals surface area contributed by atoms with Crippen molar-refractivity contribution in [3.63, 3.8) is 0 Å². The maximum atomic E-state index is 6.37. The lowest BCUT2D eigenvalue weighted by Gasteiger charge is -2.32. The third-order valence-corrected chi connectivity index (χ3v) is 6.45. The lowest BCUT2D eigenvalue weighted by Crippen LogP contribution is -2.41. The number of anilines is 2. The van der Waals surface area contributed by atoms with Crippen LogP contribution >= 0.6 is 0 Å². The zero-order valence-corrected chi connectivity index (χ0v) is 19.3. The third-order valence-electron chi connectivity index (χ3n) is 6.45. The quantitative estimate of drug-likeness (QED) is 0.332. The molecule has 4 rings (SSSR count). The Hall–Kier alpha value is -3.08. The molecular weight excluding hydrogens is 393 g/mol. The fourth-order valence-corrected chi connectivity index (χ4v) is 4.04. The smallest absolute Gasteiger partial charge is 0.399 e. The van der Waals surface area contributed by atoms with Gasteiger partial charge >= 0.3 is 7.12 Å². The molecule has 1 saturated heterocycles. The minimum atomic E-state index is -0.424. The summed E-state index contributed by atoms with van der Waals surface area (Å²) >= 11 is 0. The zero-order valence-electron chi connectivity index (χ0n) is 19.3. The van der Waals surface area contributed by atoms with E-state index in [0.29, 0.717) is 0 Å². The van der Waals surface area contributed by atoms with Gasteiger partial charge in [0.25, 0.3) is 0 Å². The number of benzene rings is 3. The van der Waals surface area contributed by atoms with Crippen LogP contribution in [0.4, 0.5) is 11.4 Å². The highest BCUT2D eigenvalue weighted by atomic mass is 16.7. The highest BCUT2D eigenvalue weighted by molar-refractivity contribution is 6.65. The SMILES string of the molecule is C=C/C=C(\C=C)N(c1ccccc1)c1ccc(B2OC(C)(C)C(C)(C)O2)c2ccccc12. The molecule has 0 spiro atoms. The minimum absolute atomic E-state index is 0.393. The van der Waals surface area contributed by atoms with Crippen molar-refractivity contribution < 1.29 is 9.31 Å². The first kappa shape index (κ1) is 22.1. The van der Waals surface area contributed by atoms with Crippen LogP contribution in [0.2, 0.25) is 0 Å². The van der Waals surface area contributed by atoms with Gasteiger partial charge in [0.1, 0.15) is 0 Å². The molecular formula is C28H30BNO2. The molecule has 0 bridgehead atoms. The summed E-state index contributed by atoms with van der Waals surface area (Å²) < 4.78 is 12.7. The first-order valence-corrected chi connectivity index (χ1v) is 11.0. The van der Waals surface area contributed by atoms with Crippen LogP contribution < -0.4 is 10.4 Å². The van der Waals surface area contributed by atoms with Crippen LogP contribution in [-0.2, 0) is 9.31 Å². The lowest BCUT2D eigenvalue weighted by atomic mass is 9.75. The molecule has 3 aromatic carbocycles. The summed E-state index contributed by atoms with van der Waals surface area (Å²) in [4.78, 5) is 2.20. The second kappa shape index (κ2) is 8.46. The summed E-state index contributed by atoms with van der Waals surface area (Å²) in [5.74, 6) is 0. The summed E-state index contributed by atoms with van der Waals surface area (Å²) in [7, 11) is -0.424. The number of hydrogen-bond donors (Lipinski definition) is 0. The zero-order chi connectivity index (χ0) is 22.9. The van der Waals surface area contributed by atoms with Gasteiger partial charge in [-0.25, -0.2) is 0 Å². The molecule has 0 aromatic heterocycles. The Labute approximate surface area is 191 Å². The molecule has 0 atom stereocenters. The average molecular weight is 423 g/mol. The summed E-state index contributed by atoms with van der Waals surface area (Å²) in [6.07, 6.45) is 5.61. The van der Waals surface area contributed by atoms with E-state index in [1.165, 1.54) is 0 Å². The molecule has 0 saturated carbocycles. The highest BCUT2D eigenvalue weighted by Gasteiger charge is 2.52. The van der Waals surface area contributed by atoms with Crippen molar-refractivity contribution in [2.45, 2.75) is 38.9 Å². The summed E-state index contributed by atoms with van der Waals surface area (Å²) in [5.41, 5.74) is 3.30. The Balaban J connectivity index is 1.91. The van der Waals surface area contributed by atoms with Gasteiger partial charge in [0.2, 0.25) is 0 Å². The average Bonchev–Trinajstić information content (AvgIpc) is 3.00. The van der Waals surface area contributed by atoms with Crippen LogP contribution in [0.5, 0.6) is 0 Å². The van der Waals surface area contributed by atoms with Crippen molar-refractivity contribution in [2.24, 2.45) is 0 Å². The Bertz CT molecular complexity index is 1160. The molecule has 0 aliphatic carbocycles. The number of rotatable bonds is 6. The van der Waals surface area contributed by atoms with Crippen LogP contribution in [0.3, 0.4) is 0 Å². The molecule has 1 aliphatic heterocycles. The van der Waals surface area contributed by atoms with E-state index in [0.717, 1.165) is 33.3 Å². The van der Waals surface area contributed by atoms with Gasteiger partial charge in [0.05, 0.1) is 16.9 Å². The molecule has 0 N–H and O–H groups in total. The number of para-hydroxylation sites is 1. The van der Waals surface area contributed by atoms with E-state index >= 15 is 0 Å². The molecule has 162 valence electrons. The van der Waals surface area contributed by atoms with Gasteiger partial charge < -0.3 is 14.2 Å². The Morgan fingerprint density at radius 3 is 2.00 bits per heavy atom. The van der Waals surface area contributed by atoms with E-state index in [1.54, 1.807) is 6.08 Å². The third kappa shape index (κ3) is 3.81. The number of nitrogens with zero attached hydrogens (tertiary/aromatic N) is 1. The topological polar surface area (TPSA) is 21.7 Å². The Morgan fingerprint density at radius 1 is 0.812 bits per heavy atom. The van der Waals surface area contributed by atoms with Gasteiger partial charge in [0, 0.05) is 16.8 Å². The van der Waals surface area contributed by atoms with Crippen molar-refractivity contribution in [3.05, 3.63) is 104 Å². The molecule has 3 nitrogen and oxygen atoms in total. The van der Waals surface area contributed by atoms with E-state index in [-0.39, 0.29) is 0 Å². The molecule has 3 aromatic rings. The van der Waals surface area contributed by atoms with Gasteiger partial charge in [-0.3, -0.25) is 0 Å². The predicted molar refractivity (Wildman–Crippen MR) is 137 cm³/mol. The van der Waals surface area contributed by atoms with E-state index in [9.17, 15) is 0 Å². The van der Waals surface area contributed by atoms with Crippen LogP contribution in [0.1, 0.15) is 27.7 Å². The van der Waals surface area contributed by atoms with Crippen molar-refractivity contribution >= 4 is 34.7 Å². The van der Waals surface area contributed by atoms with Gasteiger partial charge in [-0.2, -0.15) is 0 Å². The van der Waals surface area contributed by atoms with Crippen LogP contribution in [-0.4, -0.2) is 18.3 Å². The molecule has 1 aliphatic rings. The molecule has 0 amide bonds. The van der Waals surface area contributed by atoms with Crippen LogP contribution in [0.15, 0.2) is 104 Å². The Morgan fingerprint density at radius 2 is 1.41 bits per heavy atom. The first-order valence-electron chi connectivity index (χ1n) is 11.0. The van der Waals surface area contributed by atoms with Crippen molar-refractivity contribution in [1.29, 1.82) is 0 Å². The molecule has 0 unspecified atom stereocenters. The fraction of sp³-hybridized carbons (Fsp3) is 0.214. The molecule has 32 heavy (non-hydrogen) atoms. The number of fused-ring (bicyclic) bond motifs is 1. The molecule has 1 heterocycles. The van der Waals surface area contributed by atoms with Crippen molar-refractivity contribution in [1.82, 2.24) is 0 Å². The monoisotopic (exact) mass is 423 g/mol. The Kier molecular flexibility index (Phi) is 5.85. The minimum Gasteiger partial charge on any atom is -0.399 e. The van der Waals surface area contributed by atoms with Crippen molar-refractivity contribution in [3.8, 4) is 0 Å².